The zero-order chi connectivity index (χ0) is 9.03. The molecule has 1 heterocycles. The van der Waals surface area contributed by atoms with Crippen LogP contribution >= 0.6 is 0 Å². The van der Waals surface area contributed by atoms with Crippen LogP contribution in [0.2, 0.25) is 0 Å². The predicted molar refractivity (Wildman–Crippen MR) is 45.8 cm³/mol. The summed E-state index contributed by atoms with van der Waals surface area (Å²) < 4.78 is 5.10. The number of allylic oxidation sites excluding steroid dienone is 1. The van der Waals surface area contributed by atoms with Crippen LogP contribution < -0.4 is 5.32 Å². The number of hydrogen-bond donors (Lipinski definition) is 2. The molecular weight excluding hydrogens is 154 g/mol. The summed E-state index contributed by atoms with van der Waals surface area (Å²) >= 11 is 0. The zero-order valence-electron chi connectivity index (χ0n) is 7.55. The third-order valence-corrected chi connectivity index (χ3v) is 1.92. The fourth-order valence-corrected chi connectivity index (χ4v) is 1.03. The molecule has 0 amide bonds. The Labute approximate surface area is 72.5 Å². The van der Waals surface area contributed by atoms with Gasteiger partial charge in [0.1, 0.15) is 0 Å². The third kappa shape index (κ3) is 2.30. The summed E-state index contributed by atoms with van der Waals surface area (Å²) in [5, 5.41) is 6.39. The molecule has 0 saturated carbocycles. The summed E-state index contributed by atoms with van der Waals surface area (Å²) in [5.74, 6) is 0. The van der Waals surface area contributed by atoms with Crippen molar-refractivity contribution in [2.75, 3.05) is 19.8 Å². The summed E-state index contributed by atoms with van der Waals surface area (Å²) in [7, 11) is 0. The first-order chi connectivity index (χ1) is 5.66. The lowest BCUT2D eigenvalue weighted by molar-refractivity contribution is -0.0976. The van der Waals surface area contributed by atoms with Crippen molar-refractivity contribution in [1.29, 1.82) is 5.53 Å². The van der Waals surface area contributed by atoms with Crippen molar-refractivity contribution < 1.29 is 4.74 Å². The maximum Gasteiger partial charge on any atom is 0.0748 e. The molecule has 1 aliphatic rings. The van der Waals surface area contributed by atoms with Gasteiger partial charge >= 0.3 is 0 Å². The standard InChI is InChI=1S/C8H15N3O/c1-7(11-9)3-10-4-8(2)5-12-6-8/h3,9-10H,4-6H2,1-2H3/b7-3-,11-9?. The topological polar surface area (TPSA) is 57.5 Å². The van der Waals surface area contributed by atoms with Gasteiger partial charge in [0.25, 0.3) is 0 Å². The Kier molecular flexibility index (Phi) is 2.81. The molecule has 12 heavy (non-hydrogen) atoms. The molecule has 1 rings (SSSR count). The van der Waals surface area contributed by atoms with Gasteiger partial charge in [-0.15, -0.1) is 0 Å². The van der Waals surface area contributed by atoms with Crippen LogP contribution in [-0.4, -0.2) is 19.8 Å². The van der Waals surface area contributed by atoms with Crippen LogP contribution in [0.4, 0.5) is 0 Å². The van der Waals surface area contributed by atoms with Crippen molar-refractivity contribution in [3.8, 4) is 0 Å². The van der Waals surface area contributed by atoms with E-state index in [-0.39, 0.29) is 5.41 Å². The van der Waals surface area contributed by atoms with E-state index in [1.54, 1.807) is 13.1 Å². The highest BCUT2D eigenvalue weighted by atomic mass is 16.5. The molecule has 68 valence electrons. The minimum atomic E-state index is 0.277. The van der Waals surface area contributed by atoms with E-state index >= 15 is 0 Å². The summed E-state index contributed by atoms with van der Waals surface area (Å²) in [5.41, 5.74) is 7.66. The summed E-state index contributed by atoms with van der Waals surface area (Å²) in [6.07, 6.45) is 1.76. The maximum atomic E-state index is 6.69. The highest BCUT2D eigenvalue weighted by molar-refractivity contribution is 4.94. The molecule has 4 nitrogen and oxygen atoms in total. The van der Waals surface area contributed by atoms with Gasteiger partial charge < -0.3 is 10.1 Å². The fraction of sp³-hybridized carbons (Fsp3) is 0.750. The summed E-state index contributed by atoms with van der Waals surface area (Å²) in [6, 6.07) is 0. The first kappa shape index (κ1) is 9.19. The van der Waals surface area contributed by atoms with Crippen molar-refractivity contribution in [1.82, 2.24) is 5.32 Å². The number of nitrogens with one attached hydrogen (secondary N) is 2. The Hall–Kier alpha value is -0.900. The van der Waals surface area contributed by atoms with Gasteiger partial charge in [0.05, 0.1) is 18.9 Å². The minimum Gasteiger partial charge on any atom is -0.389 e. The Balaban J connectivity index is 2.21. The quantitative estimate of drug-likeness (QED) is 0.626. The molecule has 0 aliphatic carbocycles. The normalized spacial score (nSPS) is 21.3. The average molecular weight is 169 g/mol. The molecule has 0 radical (unpaired) electrons. The van der Waals surface area contributed by atoms with Crippen LogP contribution in [0.3, 0.4) is 0 Å². The van der Waals surface area contributed by atoms with Crippen molar-refractivity contribution in [2.24, 2.45) is 10.5 Å². The molecule has 0 aromatic heterocycles. The van der Waals surface area contributed by atoms with E-state index in [0.717, 1.165) is 19.8 Å². The van der Waals surface area contributed by atoms with Crippen LogP contribution in [-0.2, 0) is 4.74 Å². The van der Waals surface area contributed by atoms with Crippen molar-refractivity contribution >= 4 is 0 Å². The van der Waals surface area contributed by atoms with Gasteiger partial charge in [0, 0.05) is 18.2 Å². The van der Waals surface area contributed by atoms with E-state index in [1.807, 2.05) is 0 Å². The van der Waals surface area contributed by atoms with E-state index in [9.17, 15) is 0 Å². The number of hydrogen-bond acceptors (Lipinski definition) is 4. The number of rotatable bonds is 4. The van der Waals surface area contributed by atoms with Crippen LogP contribution in [0, 0.1) is 10.9 Å². The lowest BCUT2D eigenvalue weighted by Gasteiger charge is -2.37. The second-order valence-electron chi connectivity index (χ2n) is 3.58. The Morgan fingerprint density at radius 3 is 2.83 bits per heavy atom. The SMILES string of the molecule is C/C(=C/NCC1(C)COC1)N=N. The molecule has 1 aliphatic heterocycles. The second-order valence-corrected chi connectivity index (χ2v) is 3.58. The van der Waals surface area contributed by atoms with E-state index in [4.69, 9.17) is 10.3 Å². The van der Waals surface area contributed by atoms with Crippen molar-refractivity contribution in [3.05, 3.63) is 11.9 Å². The maximum absolute atomic E-state index is 6.69. The smallest absolute Gasteiger partial charge is 0.0748 e. The van der Waals surface area contributed by atoms with Crippen molar-refractivity contribution in [2.45, 2.75) is 13.8 Å². The highest BCUT2D eigenvalue weighted by Crippen LogP contribution is 2.24. The molecule has 2 N–H and O–H groups in total. The van der Waals surface area contributed by atoms with Crippen LogP contribution in [0.15, 0.2) is 17.0 Å². The molecule has 4 heteroatoms. The molecule has 0 spiro atoms. The van der Waals surface area contributed by atoms with Crippen LogP contribution in [0.5, 0.6) is 0 Å². The van der Waals surface area contributed by atoms with E-state index in [0.29, 0.717) is 5.70 Å². The highest BCUT2D eigenvalue weighted by Gasteiger charge is 2.32. The Morgan fingerprint density at radius 2 is 2.42 bits per heavy atom. The lowest BCUT2D eigenvalue weighted by Crippen LogP contribution is -2.46. The first-order valence-corrected chi connectivity index (χ1v) is 4.02. The fourth-order valence-electron chi connectivity index (χ4n) is 1.03. The van der Waals surface area contributed by atoms with Gasteiger partial charge in [0.15, 0.2) is 0 Å². The summed E-state index contributed by atoms with van der Waals surface area (Å²) in [6.45, 7) is 6.50. The van der Waals surface area contributed by atoms with Crippen molar-refractivity contribution in [3.63, 3.8) is 0 Å². The monoisotopic (exact) mass is 169 g/mol. The minimum absolute atomic E-state index is 0.277. The van der Waals surface area contributed by atoms with Gasteiger partial charge in [-0.3, -0.25) is 0 Å². The van der Waals surface area contributed by atoms with E-state index in [1.165, 1.54) is 0 Å². The number of nitrogens with zero attached hydrogens (tertiary/aromatic N) is 1. The Morgan fingerprint density at radius 1 is 1.75 bits per heavy atom. The first-order valence-electron chi connectivity index (χ1n) is 4.02. The van der Waals surface area contributed by atoms with Gasteiger partial charge in [-0.1, -0.05) is 6.92 Å². The summed E-state index contributed by atoms with van der Waals surface area (Å²) in [4.78, 5) is 0. The molecule has 0 aromatic carbocycles. The molecule has 0 unspecified atom stereocenters. The van der Waals surface area contributed by atoms with Gasteiger partial charge in [-0.05, 0) is 6.92 Å². The molecule has 0 bridgehead atoms. The van der Waals surface area contributed by atoms with Crippen LogP contribution in [0.1, 0.15) is 13.8 Å². The largest absolute Gasteiger partial charge is 0.389 e. The molecule has 1 saturated heterocycles. The third-order valence-electron chi connectivity index (χ3n) is 1.92. The van der Waals surface area contributed by atoms with Crippen LogP contribution in [0.25, 0.3) is 0 Å². The van der Waals surface area contributed by atoms with E-state index < -0.39 is 0 Å². The second kappa shape index (κ2) is 3.67. The average Bonchev–Trinajstić information content (AvgIpc) is 2.01. The Bertz CT molecular complexity index is 196. The number of ether oxygens (including phenoxy) is 1. The predicted octanol–water partition coefficient (Wildman–Crippen LogP) is 1.50. The molecular formula is C8H15N3O. The molecule has 1 fully saturated rings. The van der Waals surface area contributed by atoms with Gasteiger partial charge in [-0.25, -0.2) is 5.53 Å². The lowest BCUT2D eigenvalue weighted by atomic mass is 9.89. The van der Waals surface area contributed by atoms with E-state index in [2.05, 4.69) is 17.4 Å². The molecule has 0 aromatic rings. The zero-order valence-corrected chi connectivity index (χ0v) is 7.55. The molecule has 0 atom stereocenters. The van der Waals surface area contributed by atoms with Gasteiger partial charge in [0.2, 0.25) is 0 Å². The van der Waals surface area contributed by atoms with Gasteiger partial charge in [-0.2, -0.15) is 5.11 Å².